The summed E-state index contributed by atoms with van der Waals surface area (Å²) in [4.78, 5) is 19.6. The third-order valence-electron chi connectivity index (χ3n) is 2.84. The average Bonchev–Trinajstić information content (AvgIpc) is 2.47. The lowest BCUT2D eigenvalue weighted by atomic mass is 10.2. The van der Waals surface area contributed by atoms with E-state index < -0.39 is 11.9 Å². The zero-order valence-electron chi connectivity index (χ0n) is 10.4. The molecule has 3 aromatic rings. The van der Waals surface area contributed by atoms with Crippen LogP contribution >= 0.6 is 0 Å². The van der Waals surface area contributed by atoms with Gasteiger partial charge in [-0.3, -0.25) is 9.78 Å². The van der Waals surface area contributed by atoms with Crippen molar-refractivity contribution in [2.24, 2.45) is 0 Å². The van der Waals surface area contributed by atoms with Crippen molar-refractivity contribution < 1.29 is 9.18 Å². The molecule has 0 spiro atoms. The van der Waals surface area contributed by atoms with Crippen LogP contribution in [0.15, 0.2) is 54.9 Å². The Morgan fingerprint density at radius 3 is 2.80 bits per heavy atom. The average molecular weight is 267 g/mol. The van der Waals surface area contributed by atoms with E-state index in [-0.39, 0.29) is 5.56 Å². The minimum Gasteiger partial charge on any atom is -0.321 e. The van der Waals surface area contributed by atoms with E-state index in [0.29, 0.717) is 5.69 Å². The predicted molar refractivity (Wildman–Crippen MR) is 73.9 cm³/mol. The van der Waals surface area contributed by atoms with Gasteiger partial charge < -0.3 is 5.32 Å². The summed E-state index contributed by atoms with van der Waals surface area (Å²) >= 11 is 0. The van der Waals surface area contributed by atoms with Crippen LogP contribution in [0.2, 0.25) is 0 Å². The lowest BCUT2D eigenvalue weighted by molar-refractivity contribution is 0.102. The highest BCUT2D eigenvalue weighted by atomic mass is 19.1. The fourth-order valence-corrected chi connectivity index (χ4v) is 1.89. The maximum Gasteiger partial charge on any atom is 0.255 e. The Kier molecular flexibility index (Phi) is 3.09. The smallest absolute Gasteiger partial charge is 0.255 e. The zero-order chi connectivity index (χ0) is 13.9. The molecule has 4 nitrogen and oxygen atoms in total. The fraction of sp³-hybridized carbons (Fsp3) is 0. The van der Waals surface area contributed by atoms with Crippen LogP contribution in [0.1, 0.15) is 10.4 Å². The number of nitrogens with zero attached hydrogens (tertiary/aromatic N) is 2. The monoisotopic (exact) mass is 267 g/mol. The first-order chi connectivity index (χ1) is 9.72. The van der Waals surface area contributed by atoms with Gasteiger partial charge in [-0.1, -0.05) is 18.2 Å². The van der Waals surface area contributed by atoms with Gasteiger partial charge in [0.15, 0.2) is 0 Å². The Labute approximate surface area is 114 Å². The van der Waals surface area contributed by atoms with Gasteiger partial charge in [-0.2, -0.15) is 4.39 Å². The van der Waals surface area contributed by atoms with Gasteiger partial charge in [-0.25, -0.2) is 4.98 Å². The van der Waals surface area contributed by atoms with Gasteiger partial charge in [-0.05, 0) is 18.2 Å². The highest BCUT2D eigenvalue weighted by molar-refractivity contribution is 6.04. The molecule has 2 aromatic heterocycles. The molecule has 0 bridgehead atoms. The first kappa shape index (κ1) is 12.2. The summed E-state index contributed by atoms with van der Waals surface area (Å²) in [6, 6.07) is 11.9. The van der Waals surface area contributed by atoms with Crippen LogP contribution in [0.3, 0.4) is 0 Å². The minimum atomic E-state index is -0.686. The summed E-state index contributed by atoms with van der Waals surface area (Å²) in [7, 11) is 0. The molecule has 0 aliphatic rings. The molecule has 0 radical (unpaired) electrons. The molecule has 0 fully saturated rings. The summed E-state index contributed by atoms with van der Waals surface area (Å²) in [6.07, 6.45) is 2.82. The number of benzene rings is 1. The van der Waals surface area contributed by atoms with Gasteiger partial charge in [0, 0.05) is 23.2 Å². The normalized spacial score (nSPS) is 10.4. The van der Waals surface area contributed by atoms with Crippen molar-refractivity contribution in [2.45, 2.75) is 0 Å². The first-order valence-electron chi connectivity index (χ1n) is 6.00. The number of amides is 1. The summed E-state index contributed by atoms with van der Waals surface area (Å²) in [5, 5.41) is 3.60. The molecule has 0 saturated heterocycles. The van der Waals surface area contributed by atoms with Crippen LogP contribution in [0.25, 0.3) is 10.9 Å². The van der Waals surface area contributed by atoms with Crippen molar-refractivity contribution in [3.05, 3.63) is 66.4 Å². The van der Waals surface area contributed by atoms with Crippen LogP contribution in [-0.4, -0.2) is 15.9 Å². The van der Waals surface area contributed by atoms with Gasteiger partial charge in [0.25, 0.3) is 5.91 Å². The molecule has 3 rings (SSSR count). The SMILES string of the molecule is O=C(Nc1cnc2ccccc2c1)c1ccnc(F)c1. The molecule has 20 heavy (non-hydrogen) atoms. The van der Waals surface area contributed by atoms with Crippen molar-refractivity contribution in [3.8, 4) is 0 Å². The van der Waals surface area contributed by atoms with Crippen molar-refractivity contribution in [2.75, 3.05) is 5.32 Å². The van der Waals surface area contributed by atoms with Crippen molar-refractivity contribution in [1.82, 2.24) is 9.97 Å². The number of para-hydroxylation sites is 1. The van der Waals surface area contributed by atoms with Gasteiger partial charge in [0.2, 0.25) is 5.95 Å². The molecule has 5 heteroatoms. The molecule has 1 N–H and O–H groups in total. The zero-order valence-corrected chi connectivity index (χ0v) is 10.4. The maximum absolute atomic E-state index is 13.0. The Balaban J connectivity index is 1.87. The number of carbonyl (C=O) groups is 1. The first-order valence-corrected chi connectivity index (χ1v) is 6.00. The largest absolute Gasteiger partial charge is 0.321 e. The summed E-state index contributed by atoms with van der Waals surface area (Å²) in [6.45, 7) is 0. The van der Waals surface area contributed by atoms with Gasteiger partial charge in [0.1, 0.15) is 0 Å². The minimum absolute atomic E-state index is 0.214. The van der Waals surface area contributed by atoms with Crippen LogP contribution in [-0.2, 0) is 0 Å². The lowest BCUT2D eigenvalue weighted by Crippen LogP contribution is -2.12. The summed E-state index contributed by atoms with van der Waals surface area (Å²) < 4.78 is 13.0. The van der Waals surface area contributed by atoms with Crippen LogP contribution < -0.4 is 5.32 Å². The van der Waals surface area contributed by atoms with E-state index in [1.54, 1.807) is 6.20 Å². The second kappa shape index (κ2) is 5.05. The standard InChI is InChI=1S/C15H10FN3O/c16-14-8-11(5-6-17-14)15(20)19-12-7-10-3-1-2-4-13(10)18-9-12/h1-9H,(H,19,20). The maximum atomic E-state index is 13.0. The number of halogens is 1. The van der Waals surface area contributed by atoms with Crippen molar-refractivity contribution >= 4 is 22.5 Å². The van der Waals surface area contributed by atoms with Crippen LogP contribution in [0, 0.1) is 5.95 Å². The highest BCUT2D eigenvalue weighted by Gasteiger charge is 2.08. The number of anilines is 1. The second-order valence-electron chi connectivity index (χ2n) is 4.24. The molecule has 0 atom stereocenters. The molecule has 1 aromatic carbocycles. The quantitative estimate of drug-likeness (QED) is 0.726. The van der Waals surface area contributed by atoms with Crippen LogP contribution in [0.5, 0.6) is 0 Å². The Morgan fingerprint density at radius 2 is 1.95 bits per heavy atom. The number of hydrogen-bond donors (Lipinski definition) is 1. The molecule has 2 heterocycles. The Bertz CT molecular complexity index is 789. The van der Waals surface area contributed by atoms with E-state index in [1.807, 2.05) is 30.3 Å². The number of carbonyl (C=O) groups excluding carboxylic acids is 1. The van der Waals surface area contributed by atoms with E-state index in [0.717, 1.165) is 17.0 Å². The Hall–Kier alpha value is -2.82. The number of nitrogens with one attached hydrogen (secondary N) is 1. The van der Waals surface area contributed by atoms with Gasteiger partial charge in [0.05, 0.1) is 17.4 Å². The van der Waals surface area contributed by atoms with Gasteiger partial charge >= 0.3 is 0 Å². The predicted octanol–water partition coefficient (Wildman–Crippen LogP) is 3.02. The van der Waals surface area contributed by atoms with E-state index in [2.05, 4.69) is 15.3 Å². The molecule has 1 amide bonds. The fourth-order valence-electron chi connectivity index (χ4n) is 1.89. The second-order valence-corrected chi connectivity index (χ2v) is 4.24. The topological polar surface area (TPSA) is 54.9 Å². The molecule has 0 aliphatic carbocycles. The number of hydrogen-bond acceptors (Lipinski definition) is 3. The molecule has 0 unspecified atom stereocenters. The molecular weight excluding hydrogens is 257 g/mol. The number of pyridine rings is 2. The molecular formula is C15H10FN3O. The van der Waals surface area contributed by atoms with Crippen LogP contribution in [0.4, 0.5) is 10.1 Å². The third kappa shape index (κ3) is 2.47. The van der Waals surface area contributed by atoms with Gasteiger partial charge in [-0.15, -0.1) is 0 Å². The number of rotatable bonds is 2. The van der Waals surface area contributed by atoms with Crippen molar-refractivity contribution in [1.29, 1.82) is 0 Å². The van der Waals surface area contributed by atoms with E-state index in [1.165, 1.54) is 12.3 Å². The third-order valence-corrected chi connectivity index (χ3v) is 2.84. The Morgan fingerprint density at radius 1 is 1.10 bits per heavy atom. The molecule has 0 saturated carbocycles. The molecule has 0 aliphatic heterocycles. The summed E-state index contributed by atoms with van der Waals surface area (Å²) in [5.74, 6) is -1.09. The highest BCUT2D eigenvalue weighted by Crippen LogP contribution is 2.16. The molecule has 98 valence electrons. The van der Waals surface area contributed by atoms with E-state index in [4.69, 9.17) is 0 Å². The summed E-state index contributed by atoms with van der Waals surface area (Å²) in [5.41, 5.74) is 1.62. The van der Waals surface area contributed by atoms with Crippen molar-refractivity contribution in [3.63, 3.8) is 0 Å². The lowest BCUT2D eigenvalue weighted by Gasteiger charge is -2.06. The number of aromatic nitrogens is 2. The van der Waals surface area contributed by atoms with E-state index >= 15 is 0 Å². The number of fused-ring (bicyclic) bond motifs is 1. The van der Waals surface area contributed by atoms with E-state index in [9.17, 15) is 9.18 Å².